The van der Waals surface area contributed by atoms with E-state index in [2.05, 4.69) is 12.2 Å². The second kappa shape index (κ2) is 9.61. The number of benzene rings is 2. The fraction of sp³-hybridized carbons (Fsp3) is 0.333. The Morgan fingerprint density at radius 1 is 1.08 bits per heavy atom. The fourth-order valence-corrected chi connectivity index (χ4v) is 2.30. The van der Waals surface area contributed by atoms with Crippen molar-refractivity contribution in [2.24, 2.45) is 0 Å². The topological polar surface area (TPSA) is 58.6 Å². The molecule has 26 heavy (non-hydrogen) atoms. The van der Waals surface area contributed by atoms with E-state index in [0.29, 0.717) is 30.0 Å². The highest BCUT2D eigenvalue weighted by atomic mass is 16.5. The van der Waals surface area contributed by atoms with Crippen molar-refractivity contribution < 1.29 is 14.3 Å². The van der Waals surface area contributed by atoms with Crippen LogP contribution in [0.15, 0.2) is 48.5 Å². The number of amides is 2. The summed E-state index contributed by atoms with van der Waals surface area (Å²) in [6.07, 6.45) is 2.40. The van der Waals surface area contributed by atoms with E-state index in [0.717, 1.165) is 18.4 Å². The van der Waals surface area contributed by atoms with Gasteiger partial charge in [-0.25, -0.2) is 0 Å². The average molecular weight is 354 g/mol. The van der Waals surface area contributed by atoms with Gasteiger partial charge >= 0.3 is 0 Å². The molecule has 0 atom stereocenters. The van der Waals surface area contributed by atoms with Gasteiger partial charge in [0.05, 0.1) is 13.0 Å². The van der Waals surface area contributed by atoms with Crippen LogP contribution >= 0.6 is 0 Å². The first-order valence-electron chi connectivity index (χ1n) is 8.83. The lowest BCUT2D eigenvalue weighted by Crippen LogP contribution is -2.23. The van der Waals surface area contributed by atoms with Crippen molar-refractivity contribution in [3.63, 3.8) is 0 Å². The number of hydrogen-bond donors (Lipinski definition) is 1. The molecule has 0 saturated carbocycles. The molecule has 5 heteroatoms. The van der Waals surface area contributed by atoms with Crippen LogP contribution < -0.4 is 10.1 Å². The maximum absolute atomic E-state index is 12.4. The lowest BCUT2D eigenvalue weighted by Gasteiger charge is -2.11. The first kappa shape index (κ1) is 19.5. The normalized spacial score (nSPS) is 10.3. The van der Waals surface area contributed by atoms with E-state index in [1.807, 2.05) is 24.3 Å². The molecule has 0 aliphatic heterocycles. The molecule has 1 N–H and O–H groups in total. The number of likely N-dealkylation sites (N-methyl/N-ethyl adjacent to an activating group) is 1. The first-order valence-corrected chi connectivity index (χ1v) is 8.83. The van der Waals surface area contributed by atoms with Crippen molar-refractivity contribution in [1.82, 2.24) is 4.90 Å². The monoisotopic (exact) mass is 354 g/mol. The fourth-order valence-electron chi connectivity index (χ4n) is 2.30. The van der Waals surface area contributed by atoms with E-state index in [9.17, 15) is 9.59 Å². The molecule has 0 heterocycles. The number of hydrogen-bond acceptors (Lipinski definition) is 3. The lowest BCUT2D eigenvalue weighted by molar-refractivity contribution is -0.127. The number of carbonyl (C=O) groups excluding carboxylic acids is 2. The molecule has 2 aromatic rings. The third kappa shape index (κ3) is 5.92. The molecule has 0 radical (unpaired) electrons. The minimum atomic E-state index is -0.192. The van der Waals surface area contributed by atoms with Gasteiger partial charge in [-0.05, 0) is 42.3 Å². The molecule has 0 saturated heterocycles. The summed E-state index contributed by atoms with van der Waals surface area (Å²) < 4.78 is 5.64. The van der Waals surface area contributed by atoms with Crippen LogP contribution in [0.1, 0.15) is 35.7 Å². The largest absolute Gasteiger partial charge is 0.494 e. The number of nitrogens with zero attached hydrogens (tertiary/aromatic N) is 1. The summed E-state index contributed by atoms with van der Waals surface area (Å²) in [5, 5.41) is 2.87. The Bertz CT molecular complexity index is 739. The summed E-state index contributed by atoms with van der Waals surface area (Å²) in [5.41, 5.74) is 2.15. The van der Waals surface area contributed by atoms with Crippen LogP contribution in [0, 0.1) is 0 Å². The van der Waals surface area contributed by atoms with Gasteiger partial charge in [0.15, 0.2) is 0 Å². The van der Waals surface area contributed by atoms with Crippen LogP contribution in [0.5, 0.6) is 5.75 Å². The zero-order valence-electron chi connectivity index (χ0n) is 15.6. The van der Waals surface area contributed by atoms with Crippen molar-refractivity contribution >= 4 is 17.5 Å². The summed E-state index contributed by atoms with van der Waals surface area (Å²) in [6.45, 7) is 2.75. The Balaban J connectivity index is 1.97. The van der Waals surface area contributed by atoms with Crippen LogP contribution in [0.2, 0.25) is 0 Å². The SMILES string of the molecule is CCCCOc1cccc(C(=O)Nc2ccc(CC(=O)N(C)C)cc2)c1. The lowest BCUT2D eigenvalue weighted by atomic mass is 10.1. The third-order valence-corrected chi connectivity index (χ3v) is 3.93. The maximum atomic E-state index is 12.4. The molecule has 0 aromatic heterocycles. The predicted molar refractivity (Wildman–Crippen MR) is 104 cm³/mol. The van der Waals surface area contributed by atoms with E-state index >= 15 is 0 Å². The van der Waals surface area contributed by atoms with Gasteiger partial charge in [0.1, 0.15) is 5.75 Å². The molecule has 2 rings (SSSR count). The van der Waals surface area contributed by atoms with Crippen LogP contribution in [0.3, 0.4) is 0 Å². The maximum Gasteiger partial charge on any atom is 0.255 e. The van der Waals surface area contributed by atoms with Gasteiger partial charge in [-0.15, -0.1) is 0 Å². The smallest absolute Gasteiger partial charge is 0.255 e. The van der Waals surface area contributed by atoms with Crippen molar-refractivity contribution in [2.45, 2.75) is 26.2 Å². The molecule has 5 nitrogen and oxygen atoms in total. The highest BCUT2D eigenvalue weighted by Crippen LogP contribution is 2.16. The molecule has 0 bridgehead atoms. The number of carbonyl (C=O) groups is 2. The van der Waals surface area contributed by atoms with Gasteiger partial charge < -0.3 is 15.0 Å². The summed E-state index contributed by atoms with van der Waals surface area (Å²) in [7, 11) is 3.47. The van der Waals surface area contributed by atoms with E-state index < -0.39 is 0 Å². The van der Waals surface area contributed by atoms with Crippen LogP contribution in [-0.2, 0) is 11.2 Å². The number of unbranched alkanes of at least 4 members (excludes halogenated alkanes) is 1. The average Bonchev–Trinajstić information content (AvgIpc) is 2.63. The Morgan fingerprint density at radius 3 is 2.46 bits per heavy atom. The second-order valence-corrected chi connectivity index (χ2v) is 6.35. The molecular weight excluding hydrogens is 328 g/mol. The first-order chi connectivity index (χ1) is 12.5. The summed E-state index contributed by atoms with van der Waals surface area (Å²) in [4.78, 5) is 25.7. The van der Waals surface area contributed by atoms with Gasteiger partial charge in [0.2, 0.25) is 5.91 Å². The van der Waals surface area contributed by atoms with Crippen molar-refractivity contribution in [1.29, 1.82) is 0 Å². The highest BCUT2D eigenvalue weighted by Gasteiger charge is 2.09. The van der Waals surface area contributed by atoms with E-state index in [-0.39, 0.29) is 11.8 Å². The minimum Gasteiger partial charge on any atom is -0.494 e. The number of nitrogens with one attached hydrogen (secondary N) is 1. The van der Waals surface area contributed by atoms with Crippen molar-refractivity contribution in [3.05, 3.63) is 59.7 Å². The standard InChI is InChI=1S/C21H26N2O3/c1-4-5-13-26-19-8-6-7-17(15-19)21(25)22-18-11-9-16(10-12-18)14-20(24)23(2)3/h6-12,15H,4-5,13-14H2,1-3H3,(H,22,25). The Morgan fingerprint density at radius 2 is 1.81 bits per heavy atom. The van der Waals surface area contributed by atoms with Crippen LogP contribution in [0.4, 0.5) is 5.69 Å². The molecular formula is C21H26N2O3. The number of rotatable bonds is 8. The Labute approximate surface area is 155 Å². The quantitative estimate of drug-likeness (QED) is 0.735. The summed E-state index contributed by atoms with van der Waals surface area (Å²) in [6, 6.07) is 14.5. The molecule has 138 valence electrons. The van der Waals surface area contributed by atoms with Crippen molar-refractivity contribution in [3.8, 4) is 5.75 Å². The van der Waals surface area contributed by atoms with E-state index in [1.165, 1.54) is 0 Å². The number of ether oxygens (including phenoxy) is 1. The van der Waals surface area contributed by atoms with Crippen LogP contribution in [-0.4, -0.2) is 37.4 Å². The van der Waals surface area contributed by atoms with Gasteiger partial charge in [-0.1, -0.05) is 31.5 Å². The highest BCUT2D eigenvalue weighted by molar-refractivity contribution is 6.04. The summed E-state index contributed by atoms with van der Waals surface area (Å²) in [5.74, 6) is 0.549. The van der Waals surface area contributed by atoms with E-state index in [1.54, 1.807) is 43.3 Å². The number of anilines is 1. The predicted octanol–water partition coefficient (Wildman–Crippen LogP) is 3.75. The Kier molecular flexibility index (Phi) is 7.21. The molecule has 0 aliphatic rings. The van der Waals surface area contributed by atoms with E-state index in [4.69, 9.17) is 4.74 Å². The minimum absolute atomic E-state index is 0.0432. The zero-order chi connectivity index (χ0) is 18.9. The third-order valence-electron chi connectivity index (χ3n) is 3.93. The van der Waals surface area contributed by atoms with Gasteiger partial charge in [0.25, 0.3) is 5.91 Å². The molecule has 2 aromatic carbocycles. The van der Waals surface area contributed by atoms with Crippen LogP contribution in [0.25, 0.3) is 0 Å². The summed E-state index contributed by atoms with van der Waals surface area (Å²) >= 11 is 0. The zero-order valence-corrected chi connectivity index (χ0v) is 15.6. The second-order valence-electron chi connectivity index (χ2n) is 6.35. The van der Waals surface area contributed by atoms with Crippen molar-refractivity contribution in [2.75, 3.05) is 26.0 Å². The Hall–Kier alpha value is -2.82. The van der Waals surface area contributed by atoms with Gasteiger partial charge in [-0.3, -0.25) is 9.59 Å². The molecule has 0 fully saturated rings. The molecule has 0 spiro atoms. The molecule has 2 amide bonds. The van der Waals surface area contributed by atoms with Gasteiger partial charge in [-0.2, -0.15) is 0 Å². The van der Waals surface area contributed by atoms with Gasteiger partial charge in [0, 0.05) is 25.3 Å². The molecule has 0 aliphatic carbocycles. The molecule has 0 unspecified atom stereocenters.